The summed E-state index contributed by atoms with van der Waals surface area (Å²) in [6.45, 7) is 3.11. The highest BCUT2D eigenvalue weighted by atomic mass is 16.6. The van der Waals surface area contributed by atoms with E-state index >= 15 is 0 Å². The Kier molecular flexibility index (Phi) is 3.43. The molecule has 2 aliphatic heterocycles. The summed E-state index contributed by atoms with van der Waals surface area (Å²) in [4.78, 5) is 25.7. The van der Waals surface area contributed by atoms with E-state index in [1.807, 2.05) is 11.1 Å². The van der Waals surface area contributed by atoms with Crippen molar-refractivity contribution in [3.05, 3.63) is 12.0 Å². The van der Waals surface area contributed by atoms with E-state index in [1.165, 1.54) is 26.2 Å². The fourth-order valence-electron chi connectivity index (χ4n) is 5.44. The minimum absolute atomic E-state index is 0.0345. The number of esters is 1. The summed E-state index contributed by atoms with van der Waals surface area (Å²) in [5.41, 5.74) is -0.0574. The van der Waals surface area contributed by atoms with Crippen LogP contribution < -0.4 is 0 Å². The molecule has 1 amide bonds. The average Bonchev–Trinajstić information content (AvgIpc) is 2.95. The van der Waals surface area contributed by atoms with E-state index in [2.05, 4.69) is 0 Å². The molecule has 3 fully saturated rings. The van der Waals surface area contributed by atoms with Crippen LogP contribution in [0.5, 0.6) is 0 Å². The summed E-state index contributed by atoms with van der Waals surface area (Å²) < 4.78 is 11.6. The van der Waals surface area contributed by atoms with Gasteiger partial charge in [-0.3, -0.25) is 9.59 Å². The van der Waals surface area contributed by atoms with Crippen LogP contribution in [-0.2, 0) is 19.1 Å². The molecule has 126 valence electrons. The molecule has 23 heavy (non-hydrogen) atoms. The second-order valence-corrected chi connectivity index (χ2v) is 7.66. The Morgan fingerprint density at radius 2 is 2.00 bits per heavy atom. The zero-order valence-electron chi connectivity index (χ0n) is 13.9. The normalized spacial score (nSPS) is 37.1. The second kappa shape index (κ2) is 5.25. The zero-order chi connectivity index (χ0) is 16.2. The quantitative estimate of drug-likeness (QED) is 0.697. The molecule has 2 bridgehead atoms. The van der Waals surface area contributed by atoms with E-state index < -0.39 is 0 Å². The van der Waals surface area contributed by atoms with Gasteiger partial charge in [-0.1, -0.05) is 19.3 Å². The highest BCUT2D eigenvalue weighted by Crippen LogP contribution is 2.55. The summed E-state index contributed by atoms with van der Waals surface area (Å²) in [5.74, 6) is 1.29. The lowest BCUT2D eigenvalue weighted by Gasteiger charge is -2.45. The maximum absolute atomic E-state index is 12.3. The molecule has 1 spiro atoms. The molecular formula is C18H25NO4. The van der Waals surface area contributed by atoms with E-state index in [1.54, 1.807) is 6.92 Å². The number of amides is 1. The Labute approximate surface area is 137 Å². The van der Waals surface area contributed by atoms with Gasteiger partial charge in [0, 0.05) is 25.6 Å². The first-order valence-corrected chi connectivity index (χ1v) is 8.86. The van der Waals surface area contributed by atoms with Gasteiger partial charge in [-0.25, -0.2) is 0 Å². The molecule has 0 aromatic carbocycles. The maximum atomic E-state index is 12.3. The molecule has 0 unspecified atom stereocenters. The topological polar surface area (TPSA) is 55.8 Å². The van der Waals surface area contributed by atoms with Crippen LogP contribution >= 0.6 is 0 Å². The molecule has 2 heterocycles. The molecular weight excluding hydrogens is 294 g/mol. The lowest BCUT2D eigenvalue weighted by Crippen LogP contribution is -2.50. The molecule has 1 saturated heterocycles. The molecule has 5 heteroatoms. The number of ether oxygens (including phenoxy) is 2. The van der Waals surface area contributed by atoms with Crippen LogP contribution in [-0.4, -0.2) is 34.5 Å². The molecule has 2 saturated carbocycles. The van der Waals surface area contributed by atoms with Gasteiger partial charge in [0.25, 0.3) is 0 Å². The van der Waals surface area contributed by atoms with Crippen molar-refractivity contribution in [3.8, 4) is 0 Å². The summed E-state index contributed by atoms with van der Waals surface area (Å²) in [6.07, 6.45) is 9.45. The minimum Gasteiger partial charge on any atom is -0.489 e. The van der Waals surface area contributed by atoms with Gasteiger partial charge in [0.1, 0.15) is 18.0 Å². The van der Waals surface area contributed by atoms with Gasteiger partial charge >= 0.3 is 5.97 Å². The van der Waals surface area contributed by atoms with Gasteiger partial charge in [0.2, 0.25) is 5.91 Å². The first-order valence-electron chi connectivity index (χ1n) is 8.86. The van der Waals surface area contributed by atoms with Crippen LogP contribution in [0.3, 0.4) is 0 Å². The molecule has 0 N–H and O–H groups in total. The average molecular weight is 319 g/mol. The monoisotopic (exact) mass is 319 g/mol. The largest absolute Gasteiger partial charge is 0.489 e. The van der Waals surface area contributed by atoms with Gasteiger partial charge < -0.3 is 14.4 Å². The number of carbonyl (C=O) groups is 2. The first kappa shape index (κ1) is 15.0. The molecule has 0 aromatic heterocycles. The van der Waals surface area contributed by atoms with Crippen molar-refractivity contribution in [1.82, 2.24) is 4.90 Å². The van der Waals surface area contributed by atoms with Gasteiger partial charge in [-0.05, 0) is 31.6 Å². The molecule has 4 aliphatic rings. The van der Waals surface area contributed by atoms with Gasteiger partial charge in [0.15, 0.2) is 0 Å². The SMILES string of the molecule is CC(=O)O[C@H]1[C@H]2C3=CN(C(C)=O)C4(CCCCC4)C[C@H]2C[C@H]1O3. The van der Waals surface area contributed by atoms with Crippen molar-refractivity contribution in [2.75, 3.05) is 0 Å². The molecule has 5 nitrogen and oxygen atoms in total. The fraction of sp³-hybridized carbons (Fsp3) is 0.778. The smallest absolute Gasteiger partial charge is 0.303 e. The van der Waals surface area contributed by atoms with E-state index in [-0.39, 0.29) is 35.5 Å². The van der Waals surface area contributed by atoms with Crippen LogP contribution in [0, 0.1) is 11.8 Å². The maximum Gasteiger partial charge on any atom is 0.303 e. The number of fused-ring (bicyclic) bond motifs is 1. The van der Waals surface area contributed by atoms with Crippen molar-refractivity contribution in [2.24, 2.45) is 11.8 Å². The summed E-state index contributed by atoms with van der Waals surface area (Å²) in [7, 11) is 0. The fourth-order valence-corrected chi connectivity index (χ4v) is 5.44. The van der Waals surface area contributed by atoms with Crippen LogP contribution in [0.2, 0.25) is 0 Å². The van der Waals surface area contributed by atoms with E-state index in [9.17, 15) is 9.59 Å². The number of hydrogen-bond acceptors (Lipinski definition) is 4. The van der Waals surface area contributed by atoms with Crippen LogP contribution in [0.1, 0.15) is 58.8 Å². The van der Waals surface area contributed by atoms with Crippen molar-refractivity contribution in [3.63, 3.8) is 0 Å². The van der Waals surface area contributed by atoms with Gasteiger partial charge in [0.05, 0.1) is 5.92 Å². The number of hydrogen-bond donors (Lipinski definition) is 0. The second-order valence-electron chi connectivity index (χ2n) is 7.66. The highest BCUT2D eigenvalue weighted by molar-refractivity contribution is 5.75. The van der Waals surface area contributed by atoms with E-state index in [4.69, 9.17) is 9.47 Å². The molecule has 4 atom stereocenters. The van der Waals surface area contributed by atoms with Crippen LogP contribution in [0.15, 0.2) is 12.0 Å². The van der Waals surface area contributed by atoms with Gasteiger partial charge in [-0.15, -0.1) is 0 Å². The Morgan fingerprint density at radius 3 is 2.65 bits per heavy atom. The molecule has 4 rings (SSSR count). The summed E-state index contributed by atoms with van der Waals surface area (Å²) >= 11 is 0. The summed E-state index contributed by atoms with van der Waals surface area (Å²) in [5, 5.41) is 0. The van der Waals surface area contributed by atoms with Crippen LogP contribution in [0.25, 0.3) is 0 Å². The third-order valence-corrected chi connectivity index (χ3v) is 6.21. The Bertz CT molecular complexity index is 563. The van der Waals surface area contributed by atoms with Crippen molar-refractivity contribution in [1.29, 1.82) is 0 Å². The number of carbonyl (C=O) groups excluding carboxylic acids is 2. The zero-order valence-corrected chi connectivity index (χ0v) is 13.9. The van der Waals surface area contributed by atoms with Crippen molar-refractivity contribution >= 4 is 11.9 Å². The lowest BCUT2D eigenvalue weighted by atomic mass is 9.73. The number of nitrogens with zero attached hydrogens (tertiary/aromatic N) is 1. The molecule has 2 aliphatic carbocycles. The summed E-state index contributed by atoms with van der Waals surface area (Å²) in [6, 6.07) is 0. The van der Waals surface area contributed by atoms with Crippen LogP contribution in [0.4, 0.5) is 0 Å². The highest BCUT2D eigenvalue weighted by Gasteiger charge is 2.59. The third-order valence-electron chi connectivity index (χ3n) is 6.21. The Hall–Kier alpha value is -1.52. The van der Waals surface area contributed by atoms with Gasteiger partial charge in [-0.2, -0.15) is 0 Å². The van der Waals surface area contributed by atoms with E-state index in [0.717, 1.165) is 31.4 Å². The predicted molar refractivity (Wildman–Crippen MR) is 83.1 cm³/mol. The molecule has 0 aromatic rings. The Balaban J connectivity index is 1.70. The van der Waals surface area contributed by atoms with E-state index in [0.29, 0.717) is 5.92 Å². The van der Waals surface area contributed by atoms with Crippen molar-refractivity contribution in [2.45, 2.75) is 76.5 Å². The number of rotatable bonds is 1. The van der Waals surface area contributed by atoms with Crippen molar-refractivity contribution < 1.29 is 19.1 Å². The first-order chi connectivity index (χ1) is 11.0. The third kappa shape index (κ3) is 2.27. The molecule has 0 radical (unpaired) electrons. The predicted octanol–water partition coefficient (Wildman–Crippen LogP) is 2.75. The Morgan fingerprint density at radius 1 is 1.26 bits per heavy atom. The standard InChI is InChI=1S/C18H25NO4/c1-11(20)19-10-15-16-13(9-18(19)6-4-3-5-7-18)8-14(23-15)17(16)22-12(2)21/h10,13-14,16-17H,3-9H2,1-2H3/t13-,14-,16-,17-/m1/s1. The minimum atomic E-state index is -0.245. The lowest BCUT2D eigenvalue weighted by molar-refractivity contribution is -0.148.